The number of nitro benzene ring substituents is 1. The van der Waals surface area contributed by atoms with Crippen LogP contribution >= 0.6 is 15.9 Å². The number of nitriles is 1. The second-order valence-corrected chi connectivity index (χ2v) is 4.00. The van der Waals surface area contributed by atoms with E-state index in [2.05, 4.69) is 21.2 Å². The van der Waals surface area contributed by atoms with E-state index in [0.717, 1.165) is 0 Å². The Morgan fingerprint density at radius 3 is 2.83 bits per heavy atom. The van der Waals surface area contributed by atoms with Crippen molar-refractivity contribution in [1.29, 1.82) is 5.26 Å². The Labute approximate surface area is 111 Å². The quantitative estimate of drug-likeness (QED) is 0.677. The Morgan fingerprint density at radius 2 is 2.33 bits per heavy atom. The van der Waals surface area contributed by atoms with Gasteiger partial charge in [0.2, 0.25) is 5.91 Å². The van der Waals surface area contributed by atoms with Crippen LogP contribution in [-0.2, 0) is 4.79 Å². The number of carbonyl (C=O) groups is 1. The molecule has 8 heteroatoms. The predicted octanol–water partition coefficient (Wildman–Crippen LogP) is 2.22. The fourth-order valence-electron chi connectivity index (χ4n) is 1.21. The molecule has 0 spiro atoms. The zero-order chi connectivity index (χ0) is 13.7. The average molecular weight is 314 g/mol. The molecule has 0 fully saturated rings. The number of hydrogen-bond donors (Lipinski definition) is 1. The molecule has 0 aliphatic heterocycles. The second-order valence-electron chi connectivity index (χ2n) is 3.14. The lowest BCUT2D eigenvalue weighted by molar-refractivity contribution is -0.384. The number of halogens is 1. The van der Waals surface area contributed by atoms with Gasteiger partial charge < -0.3 is 10.1 Å². The smallest absolute Gasteiger partial charge is 0.297 e. The molecule has 0 aliphatic rings. The van der Waals surface area contributed by atoms with E-state index in [0.29, 0.717) is 4.47 Å². The zero-order valence-corrected chi connectivity index (χ0v) is 10.9. The van der Waals surface area contributed by atoms with Gasteiger partial charge in [-0.25, -0.2) is 0 Å². The minimum absolute atomic E-state index is 0.000972. The maximum absolute atomic E-state index is 11.3. The van der Waals surface area contributed by atoms with Crippen molar-refractivity contribution in [2.45, 2.75) is 6.42 Å². The molecule has 7 nitrogen and oxygen atoms in total. The first-order valence-electron chi connectivity index (χ1n) is 4.68. The Morgan fingerprint density at radius 1 is 1.67 bits per heavy atom. The van der Waals surface area contributed by atoms with Crippen molar-refractivity contribution >= 4 is 33.2 Å². The molecule has 1 rings (SSSR count). The molecule has 0 saturated heterocycles. The molecule has 1 amide bonds. The Kier molecular flexibility index (Phi) is 4.62. The van der Waals surface area contributed by atoms with Gasteiger partial charge in [-0.15, -0.1) is 0 Å². The average Bonchev–Trinajstić information content (AvgIpc) is 2.31. The maximum Gasteiger partial charge on any atom is 0.297 e. The summed E-state index contributed by atoms with van der Waals surface area (Å²) >= 11 is 3.10. The molecule has 18 heavy (non-hydrogen) atoms. The monoisotopic (exact) mass is 313 g/mol. The van der Waals surface area contributed by atoms with Crippen molar-refractivity contribution in [2.75, 3.05) is 12.4 Å². The number of amides is 1. The van der Waals surface area contributed by atoms with Gasteiger partial charge in [-0.1, -0.05) is 0 Å². The minimum atomic E-state index is -0.644. The van der Waals surface area contributed by atoms with Gasteiger partial charge in [-0.05, 0) is 22.0 Å². The highest BCUT2D eigenvalue weighted by Gasteiger charge is 2.20. The summed E-state index contributed by atoms with van der Waals surface area (Å²) in [5, 5.41) is 21.6. The van der Waals surface area contributed by atoms with Crippen LogP contribution in [0.3, 0.4) is 0 Å². The second kappa shape index (κ2) is 5.97. The van der Waals surface area contributed by atoms with Crippen LogP contribution < -0.4 is 10.1 Å². The van der Waals surface area contributed by atoms with Crippen LogP contribution in [-0.4, -0.2) is 17.9 Å². The van der Waals surface area contributed by atoms with Crippen molar-refractivity contribution in [3.8, 4) is 11.8 Å². The van der Waals surface area contributed by atoms with Crippen LogP contribution in [0.2, 0.25) is 0 Å². The van der Waals surface area contributed by atoms with Crippen LogP contribution in [0.25, 0.3) is 0 Å². The summed E-state index contributed by atoms with van der Waals surface area (Å²) in [7, 11) is 1.37. The fraction of sp³-hybridized carbons (Fsp3) is 0.200. The highest BCUT2D eigenvalue weighted by molar-refractivity contribution is 9.10. The summed E-state index contributed by atoms with van der Waals surface area (Å²) in [5.41, 5.74) is -0.312. The van der Waals surface area contributed by atoms with E-state index in [1.807, 2.05) is 0 Å². The van der Waals surface area contributed by atoms with Crippen molar-refractivity contribution in [1.82, 2.24) is 0 Å². The van der Waals surface area contributed by atoms with E-state index in [-0.39, 0.29) is 23.5 Å². The van der Waals surface area contributed by atoms with Gasteiger partial charge in [0.05, 0.1) is 28.6 Å². The van der Waals surface area contributed by atoms with Gasteiger partial charge >= 0.3 is 0 Å². The van der Waals surface area contributed by atoms with Crippen LogP contribution in [0.4, 0.5) is 11.4 Å². The van der Waals surface area contributed by atoms with E-state index in [1.54, 1.807) is 6.07 Å². The molecule has 0 unspecified atom stereocenters. The van der Waals surface area contributed by atoms with Gasteiger partial charge in [-0.2, -0.15) is 5.26 Å². The first-order chi connectivity index (χ1) is 8.49. The molecule has 0 heterocycles. The molecule has 1 aromatic carbocycles. The highest BCUT2D eigenvalue weighted by Crippen LogP contribution is 2.36. The lowest BCUT2D eigenvalue weighted by Gasteiger charge is -2.08. The maximum atomic E-state index is 11.3. The van der Waals surface area contributed by atoms with Gasteiger partial charge in [0.1, 0.15) is 17.9 Å². The first-order valence-corrected chi connectivity index (χ1v) is 5.47. The molecule has 1 N–H and O–H groups in total. The van der Waals surface area contributed by atoms with E-state index in [9.17, 15) is 14.9 Å². The lowest BCUT2D eigenvalue weighted by atomic mass is 10.2. The number of nitro groups is 1. The summed E-state index contributed by atoms with van der Waals surface area (Å²) in [6.45, 7) is 0. The van der Waals surface area contributed by atoms with Gasteiger partial charge in [0, 0.05) is 0 Å². The molecule has 0 radical (unpaired) electrons. The van der Waals surface area contributed by atoms with Crippen LogP contribution in [0.1, 0.15) is 6.42 Å². The van der Waals surface area contributed by atoms with Gasteiger partial charge in [-0.3, -0.25) is 14.9 Å². The summed E-state index contributed by atoms with van der Waals surface area (Å²) in [4.78, 5) is 21.5. The summed E-state index contributed by atoms with van der Waals surface area (Å²) in [6, 6.07) is 4.32. The Balaban J connectivity index is 3.21. The molecule has 0 aliphatic carbocycles. The van der Waals surface area contributed by atoms with Gasteiger partial charge in [0.25, 0.3) is 5.69 Å². The summed E-state index contributed by atoms with van der Waals surface area (Å²) in [5.74, 6) is -0.335. The highest BCUT2D eigenvalue weighted by atomic mass is 79.9. The summed E-state index contributed by atoms with van der Waals surface area (Å²) in [6.07, 6.45) is -0.379. The van der Waals surface area contributed by atoms with Crippen molar-refractivity contribution in [3.63, 3.8) is 0 Å². The van der Waals surface area contributed by atoms with Gasteiger partial charge in [0.15, 0.2) is 0 Å². The molecule has 0 atom stereocenters. The van der Waals surface area contributed by atoms with E-state index >= 15 is 0 Å². The minimum Gasteiger partial charge on any atom is -0.496 e. The number of benzene rings is 1. The topological polar surface area (TPSA) is 105 Å². The van der Waals surface area contributed by atoms with E-state index in [4.69, 9.17) is 10.00 Å². The Bertz CT molecular complexity index is 539. The van der Waals surface area contributed by atoms with Crippen LogP contribution in [0.5, 0.6) is 5.75 Å². The van der Waals surface area contributed by atoms with Crippen molar-refractivity contribution in [2.24, 2.45) is 0 Å². The standard InChI is InChI=1S/C10H8BrN3O4/c1-18-6-4-7(11)10(8(5-6)14(16)17)13-9(15)2-3-12/h4-5H,2H2,1H3,(H,13,15). The van der Waals surface area contributed by atoms with E-state index in [1.165, 1.54) is 19.2 Å². The first kappa shape index (κ1) is 13.9. The lowest BCUT2D eigenvalue weighted by Crippen LogP contribution is -2.12. The molecule has 94 valence electrons. The largest absolute Gasteiger partial charge is 0.496 e. The SMILES string of the molecule is COc1cc(Br)c(NC(=O)CC#N)c([N+](=O)[O-])c1. The molecule has 0 saturated carbocycles. The third kappa shape index (κ3) is 3.18. The number of ether oxygens (including phenoxy) is 1. The van der Waals surface area contributed by atoms with Crippen molar-refractivity contribution < 1.29 is 14.5 Å². The molecule has 0 bridgehead atoms. The van der Waals surface area contributed by atoms with Crippen LogP contribution in [0.15, 0.2) is 16.6 Å². The number of rotatable bonds is 4. The normalized spacial score (nSPS) is 9.39. The number of nitrogens with one attached hydrogen (secondary N) is 1. The fourth-order valence-corrected chi connectivity index (χ4v) is 1.74. The third-order valence-electron chi connectivity index (χ3n) is 1.98. The zero-order valence-electron chi connectivity index (χ0n) is 9.27. The van der Waals surface area contributed by atoms with E-state index < -0.39 is 10.8 Å². The Hall–Kier alpha value is -2.14. The van der Waals surface area contributed by atoms with Crippen molar-refractivity contribution in [3.05, 3.63) is 26.7 Å². The molecule has 1 aromatic rings. The molecular weight excluding hydrogens is 306 g/mol. The summed E-state index contributed by atoms with van der Waals surface area (Å²) < 4.78 is 5.20. The number of nitrogens with zero attached hydrogens (tertiary/aromatic N) is 2. The number of methoxy groups -OCH3 is 1. The molecular formula is C10H8BrN3O4. The van der Waals surface area contributed by atoms with Crippen LogP contribution in [0, 0.1) is 21.4 Å². The molecule has 0 aromatic heterocycles. The predicted molar refractivity (Wildman–Crippen MR) is 66.2 cm³/mol. The number of carbonyl (C=O) groups excluding carboxylic acids is 1. The number of anilines is 1. The third-order valence-corrected chi connectivity index (χ3v) is 2.60. The number of hydrogen-bond acceptors (Lipinski definition) is 5.